The molecule has 0 saturated heterocycles. The fourth-order valence-corrected chi connectivity index (χ4v) is 1.60. The Balaban J connectivity index is 2.59. The Labute approximate surface area is 102 Å². The summed E-state index contributed by atoms with van der Waals surface area (Å²) in [6.45, 7) is 5.12. The first-order valence-corrected chi connectivity index (χ1v) is 5.63. The molecule has 0 spiro atoms. The van der Waals surface area contributed by atoms with Gasteiger partial charge in [0.2, 0.25) is 0 Å². The van der Waals surface area contributed by atoms with E-state index < -0.39 is 0 Å². The van der Waals surface area contributed by atoms with Gasteiger partial charge in [-0.2, -0.15) is 0 Å². The maximum Gasteiger partial charge on any atom is 0.0637 e. The van der Waals surface area contributed by atoms with E-state index in [1.165, 1.54) is 0 Å². The largest absolute Gasteiger partial charge is 0.308 e. The Morgan fingerprint density at radius 3 is 2.79 bits per heavy atom. The molecule has 1 rings (SSSR count). The van der Waals surface area contributed by atoms with E-state index in [1.54, 1.807) is 6.07 Å². The number of benzene rings is 1. The van der Waals surface area contributed by atoms with Crippen LogP contribution < -0.4 is 5.32 Å². The summed E-state index contributed by atoms with van der Waals surface area (Å²) in [5, 5.41) is 4.38. The zero-order valence-corrected chi connectivity index (χ0v) is 10.6. The first kappa shape index (κ1) is 12.1. The molecule has 0 aliphatic heterocycles. The van der Waals surface area contributed by atoms with E-state index in [0.29, 0.717) is 23.1 Å². The van der Waals surface area contributed by atoms with Crippen LogP contribution in [0.4, 0.5) is 0 Å². The highest BCUT2D eigenvalue weighted by Gasteiger charge is 2.02. The Kier molecular flexibility index (Phi) is 4.96. The molecule has 0 fully saturated rings. The molecule has 0 aromatic heterocycles. The fraction of sp³-hybridized carbons (Fsp3) is 0.200. The lowest BCUT2D eigenvalue weighted by Gasteiger charge is -2.06. The van der Waals surface area contributed by atoms with E-state index in [2.05, 4.69) is 27.8 Å². The van der Waals surface area contributed by atoms with Crippen LogP contribution in [0.1, 0.15) is 5.56 Å². The summed E-state index contributed by atoms with van der Waals surface area (Å²) in [7, 11) is 0. The number of hydrogen-bond acceptors (Lipinski definition) is 1. The molecular formula is C10H10BrCl2N. The fourth-order valence-electron chi connectivity index (χ4n) is 1.02. The smallest absolute Gasteiger partial charge is 0.0637 e. The molecular weight excluding hydrogens is 285 g/mol. The first-order chi connectivity index (χ1) is 6.61. The summed E-state index contributed by atoms with van der Waals surface area (Å²) in [5.74, 6) is 0. The van der Waals surface area contributed by atoms with Crippen LogP contribution in [-0.2, 0) is 6.54 Å². The molecule has 0 bridgehead atoms. The van der Waals surface area contributed by atoms with Crippen LogP contribution in [0.3, 0.4) is 0 Å². The molecule has 0 heterocycles. The summed E-state index contributed by atoms with van der Waals surface area (Å²) >= 11 is 15.1. The van der Waals surface area contributed by atoms with Gasteiger partial charge in [0.05, 0.1) is 10.0 Å². The lowest BCUT2D eigenvalue weighted by Crippen LogP contribution is -2.14. The SMILES string of the molecule is C=C(Br)CNCc1cccc(Cl)c1Cl. The van der Waals surface area contributed by atoms with Gasteiger partial charge in [0.25, 0.3) is 0 Å². The van der Waals surface area contributed by atoms with Crippen molar-refractivity contribution in [2.75, 3.05) is 6.54 Å². The van der Waals surface area contributed by atoms with Crippen molar-refractivity contribution >= 4 is 39.1 Å². The maximum atomic E-state index is 6.00. The summed E-state index contributed by atoms with van der Waals surface area (Å²) in [6.07, 6.45) is 0. The minimum atomic E-state index is 0.587. The van der Waals surface area contributed by atoms with Gasteiger partial charge in [0.15, 0.2) is 0 Å². The molecule has 76 valence electrons. The van der Waals surface area contributed by atoms with Crippen LogP contribution in [0, 0.1) is 0 Å². The zero-order chi connectivity index (χ0) is 10.6. The average molecular weight is 295 g/mol. The molecule has 1 aromatic carbocycles. The standard InChI is InChI=1S/C10H10BrCl2N/c1-7(11)5-14-6-8-3-2-4-9(12)10(8)13/h2-4,14H,1,5-6H2. The topological polar surface area (TPSA) is 12.0 Å². The molecule has 1 N–H and O–H groups in total. The second-order valence-corrected chi connectivity index (χ2v) is 4.74. The number of rotatable bonds is 4. The van der Waals surface area contributed by atoms with E-state index in [4.69, 9.17) is 23.2 Å². The lowest BCUT2D eigenvalue weighted by atomic mass is 10.2. The van der Waals surface area contributed by atoms with Crippen LogP contribution in [0.5, 0.6) is 0 Å². The van der Waals surface area contributed by atoms with Gasteiger partial charge < -0.3 is 5.32 Å². The number of hydrogen-bond donors (Lipinski definition) is 1. The highest BCUT2D eigenvalue weighted by Crippen LogP contribution is 2.25. The normalized spacial score (nSPS) is 10.2. The second-order valence-electron chi connectivity index (χ2n) is 2.83. The van der Waals surface area contributed by atoms with Gasteiger partial charge in [-0.05, 0) is 11.6 Å². The van der Waals surface area contributed by atoms with E-state index in [1.807, 2.05) is 12.1 Å². The quantitative estimate of drug-likeness (QED) is 0.885. The van der Waals surface area contributed by atoms with Crippen molar-refractivity contribution in [1.82, 2.24) is 5.32 Å². The van der Waals surface area contributed by atoms with Crippen LogP contribution >= 0.6 is 39.1 Å². The third-order valence-corrected chi connectivity index (χ3v) is 2.80. The predicted octanol–water partition coefficient (Wildman–Crippen LogP) is 3.99. The molecule has 0 aliphatic carbocycles. The van der Waals surface area contributed by atoms with E-state index in [9.17, 15) is 0 Å². The van der Waals surface area contributed by atoms with Gasteiger partial charge in [0, 0.05) is 17.6 Å². The Hall–Kier alpha value is -0.0200. The van der Waals surface area contributed by atoms with Crippen molar-refractivity contribution in [2.45, 2.75) is 6.54 Å². The maximum absolute atomic E-state index is 6.00. The van der Waals surface area contributed by atoms with Crippen LogP contribution in [0.25, 0.3) is 0 Å². The second kappa shape index (κ2) is 5.76. The van der Waals surface area contributed by atoms with Crippen molar-refractivity contribution in [3.63, 3.8) is 0 Å². The lowest BCUT2D eigenvalue weighted by molar-refractivity contribution is 0.757. The van der Waals surface area contributed by atoms with E-state index >= 15 is 0 Å². The summed E-state index contributed by atoms with van der Waals surface area (Å²) in [6, 6.07) is 5.60. The van der Waals surface area contributed by atoms with Crippen molar-refractivity contribution < 1.29 is 0 Å². The Morgan fingerprint density at radius 1 is 1.43 bits per heavy atom. The molecule has 0 atom stereocenters. The van der Waals surface area contributed by atoms with Gasteiger partial charge in [-0.25, -0.2) is 0 Å². The summed E-state index contributed by atoms with van der Waals surface area (Å²) in [4.78, 5) is 0. The van der Waals surface area contributed by atoms with Crippen LogP contribution in [0.2, 0.25) is 10.0 Å². The monoisotopic (exact) mass is 293 g/mol. The molecule has 0 unspecified atom stereocenters. The van der Waals surface area contributed by atoms with Gasteiger partial charge in [0.1, 0.15) is 0 Å². The number of nitrogens with one attached hydrogen (secondary N) is 1. The Morgan fingerprint density at radius 2 is 2.14 bits per heavy atom. The highest BCUT2D eigenvalue weighted by molar-refractivity contribution is 9.11. The third kappa shape index (κ3) is 3.62. The van der Waals surface area contributed by atoms with Crippen molar-refractivity contribution in [3.05, 3.63) is 44.9 Å². The Bertz CT molecular complexity index is 339. The summed E-state index contributed by atoms with van der Waals surface area (Å²) < 4.78 is 0.913. The van der Waals surface area contributed by atoms with Crippen molar-refractivity contribution in [3.8, 4) is 0 Å². The van der Waals surface area contributed by atoms with Gasteiger partial charge in [-0.1, -0.05) is 57.8 Å². The summed E-state index contributed by atoms with van der Waals surface area (Å²) in [5.41, 5.74) is 0.993. The molecule has 1 aromatic rings. The predicted molar refractivity (Wildman–Crippen MR) is 66.2 cm³/mol. The third-order valence-electron chi connectivity index (χ3n) is 1.66. The highest BCUT2D eigenvalue weighted by atomic mass is 79.9. The first-order valence-electron chi connectivity index (χ1n) is 4.08. The number of halogens is 3. The van der Waals surface area contributed by atoms with Crippen LogP contribution in [-0.4, -0.2) is 6.54 Å². The minimum absolute atomic E-state index is 0.587. The minimum Gasteiger partial charge on any atom is -0.308 e. The van der Waals surface area contributed by atoms with Crippen molar-refractivity contribution in [1.29, 1.82) is 0 Å². The molecule has 0 aliphatic rings. The molecule has 0 saturated carbocycles. The van der Waals surface area contributed by atoms with Gasteiger partial charge >= 0.3 is 0 Å². The van der Waals surface area contributed by atoms with Crippen LogP contribution in [0.15, 0.2) is 29.3 Å². The average Bonchev–Trinajstić information content (AvgIpc) is 2.12. The van der Waals surface area contributed by atoms with Gasteiger partial charge in [-0.15, -0.1) is 0 Å². The molecule has 14 heavy (non-hydrogen) atoms. The molecule has 0 radical (unpaired) electrons. The molecule has 4 heteroatoms. The van der Waals surface area contributed by atoms with E-state index in [-0.39, 0.29) is 0 Å². The zero-order valence-electron chi connectivity index (χ0n) is 7.49. The molecule has 0 amide bonds. The van der Waals surface area contributed by atoms with Crippen molar-refractivity contribution in [2.24, 2.45) is 0 Å². The molecule has 1 nitrogen and oxygen atoms in total. The van der Waals surface area contributed by atoms with Gasteiger partial charge in [-0.3, -0.25) is 0 Å². The van der Waals surface area contributed by atoms with E-state index in [0.717, 1.165) is 10.0 Å².